The normalized spacial score (nSPS) is 9.16. The maximum absolute atomic E-state index is 9.12. The van der Waals surface area contributed by atoms with Gasteiger partial charge in [0.25, 0.3) is 0 Å². The topological polar surface area (TPSA) is 58.9 Å². The van der Waals surface area contributed by atoms with Crippen molar-refractivity contribution in [1.82, 2.24) is 0 Å². The molecule has 0 saturated carbocycles. The van der Waals surface area contributed by atoms with Crippen molar-refractivity contribution in [2.24, 2.45) is 0 Å². The van der Waals surface area contributed by atoms with Crippen molar-refractivity contribution < 1.29 is 19.7 Å². The van der Waals surface area contributed by atoms with Gasteiger partial charge in [-0.25, -0.2) is 0 Å². The van der Waals surface area contributed by atoms with E-state index in [4.69, 9.17) is 19.7 Å². The molecule has 2 N–H and O–H groups in total. The monoisotopic (exact) mass is 262 g/mol. The van der Waals surface area contributed by atoms with Crippen LogP contribution in [0.1, 0.15) is 6.92 Å². The number of rotatable bonds is 3. The van der Waals surface area contributed by atoms with Crippen LogP contribution in [0.3, 0.4) is 0 Å². The molecule has 4 heteroatoms. The summed E-state index contributed by atoms with van der Waals surface area (Å²) in [6.45, 7) is 2.46. The van der Waals surface area contributed by atoms with Gasteiger partial charge in [-0.3, -0.25) is 0 Å². The first kappa shape index (κ1) is 14.7. The van der Waals surface area contributed by atoms with Crippen molar-refractivity contribution in [3.8, 4) is 23.0 Å². The fraction of sp³-hybridized carbons (Fsp3) is 0.200. The fourth-order valence-corrected chi connectivity index (χ4v) is 1.35. The van der Waals surface area contributed by atoms with E-state index in [9.17, 15) is 0 Å². The summed E-state index contributed by atoms with van der Waals surface area (Å²) in [4.78, 5) is 0. The molecule has 0 aliphatic carbocycles. The molecule has 4 nitrogen and oxygen atoms in total. The van der Waals surface area contributed by atoms with Crippen molar-refractivity contribution in [3.63, 3.8) is 0 Å². The zero-order valence-electron chi connectivity index (χ0n) is 11.0. The van der Waals surface area contributed by atoms with Gasteiger partial charge in [0, 0.05) is 6.07 Å². The molecule has 2 aromatic rings. The molecule has 0 spiro atoms. The highest BCUT2D eigenvalue weighted by molar-refractivity contribution is 5.37. The summed E-state index contributed by atoms with van der Waals surface area (Å²) >= 11 is 0. The zero-order chi connectivity index (χ0) is 14.1. The Labute approximate surface area is 112 Å². The molecule has 0 saturated heterocycles. The van der Waals surface area contributed by atoms with E-state index in [0.717, 1.165) is 0 Å². The van der Waals surface area contributed by atoms with Crippen LogP contribution in [0.5, 0.6) is 23.0 Å². The Balaban J connectivity index is 0.000000191. The molecular formula is C15H18O4. The third-order valence-corrected chi connectivity index (χ3v) is 2.22. The van der Waals surface area contributed by atoms with Crippen LogP contribution in [-0.2, 0) is 0 Å². The molecule has 0 aromatic heterocycles. The average Bonchev–Trinajstić information content (AvgIpc) is 2.42. The lowest BCUT2D eigenvalue weighted by Crippen LogP contribution is -1.90. The summed E-state index contributed by atoms with van der Waals surface area (Å²) < 4.78 is 9.92. The van der Waals surface area contributed by atoms with Gasteiger partial charge in [0.1, 0.15) is 11.5 Å². The van der Waals surface area contributed by atoms with E-state index >= 15 is 0 Å². The second-order valence-corrected chi connectivity index (χ2v) is 3.60. The molecule has 19 heavy (non-hydrogen) atoms. The second kappa shape index (κ2) is 7.87. The first-order valence-corrected chi connectivity index (χ1v) is 5.91. The van der Waals surface area contributed by atoms with E-state index in [1.807, 2.05) is 13.0 Å². The quantitative estimate of drug-likeness (QED) is 0.891. The van der Waals surface area contributed by atoms with Crippen molar-refractivity contribution in [1.29, 1.82) is 0 Å². The van der Waals surface area contributed by atoms with Crippen LogP contribution in [0.25, 0.3) is 0 Å². The fourth-order valence-electron chi connectivity index (χ4n) is 1.35. The van der Waals surface area contributed by atoms with E-state index in [1.165, 1.54) is 0 Å². The zero-order valence-corrected chi connectivity index (χ0v) is 11.0. The summed E-state index contributed by atoms with van der Waals surface area (Å²) in [7, 11) is 1.56. The number of hydrogen-bond acceptors (Lipinski definition) is 4. The Hall–Kier alpha value is -2.36. The number of benzene rings is 2. The smallest absolute Gasteiger partial charge is 0.160 e. The Kier molecular flexibility index (Phi) is 6.09. The van der Waals surface area contributed by atoms with Crippen LogP contribution in [0.4, 0.5) is 0 Å². The second-order valence-electron chi connectivity index (χ2n) is 3.60. The summed E-state index contributed by atoms with van der Waals surface area (Å²) in [5.41, 5.74) is 0. The predicted molar refractivity (Wildman–Crippen MR) is 73.9 cm³/mol. The van der Waals surface area contributed by atoms with Crippen molar-refractivity contribution in [3.05, 3.63) is 48.5 Å². The van der Waals surface area contributed by atoms with Crippen molar-refractivity contribution in [2.75, 3.05) is 13.7 Å². The number of hydrogen-bond donors (Lipinski definition) is 2. The number of ether oxygens (including phenoxy) is 2. The SMILES string of the molecule is CCOc1ccccc1O.COc1cccc(O)c1. The minimum absolute atomic E-state index is 0.198. The number of aromatic hydroxyl groups is 2. The summed E-state index contributed by atoms with van der Waals surface area (Å²) in [5.74, 6) is 1.65. The predicted octanol–water partition coefficient (Wildman–Crippen LogP) is 3.19. The summed E-state index contributed by atoms with van der Waals surface area (Å²) in [6, 6.07) is 13.6. The molecule has 0 atom stereocenters. The highest BCUT2D eigenvalue weighted by Crippen LogP contribution is 2.23. The first-order chi connectivity index (χ1) is 9.17. The molecule has 0 heterocycles. The average molecular weight is 262 g/mol. The maximum atomic E-state index is 9.12. The van der Waals surface area contributed by atoms with Gasteiger partial charge in [-0.2, -0.15) is 0 Å². The summed E-state index contributed by atoms with van der Waals surface area (Å²) in [6.07, 6.45) is 0. The van der Waals surface area contributed by atoms with Crippen LogP contribution in [-0.4, -0.2) is 23.9 Å². The van der Waals surface area contributed by atoms with Gasteiger partial charge in [0.15, 0.2) is 11.5 Å². The van der Waals surface area contributed by atoms with Crippen molar-refractivity contribution in [2.45, 2.75) is 6.92 Å². The molecule has 0 bridgehead atoms. The van der Waals surface area contributed by atoms with Gasteiger partial charge >= 0.3 is 0 Å². The summed E-state index contributed by atoms with van der Waals surface area (Å²) in [5, 5.41) is 18.0. The Morgan fingerprint density at radius 3 is 2.26 bits per heavy atom. The van der Waals surface area contributed by atoms with Gasteiger partial charge in [0.2, 0.25) is 0 Å². The van der Waals surface area contributed by atoms with Gasteiger partial charge in [-0.05, 0) is 31.2 Å². The van der Waals surface area contributed by atoms with Crippen LogP contribution in [0, 0.1) is 0 Å². The molecule has 0 aliphatic rings. The number of phenolic OH excluding ortho intramolecular Hbond substituents is 2. The molecular weight excluding hydrogens is 244 g/mol. The van der Waals surface area contributed by atoms with Crippen LogP contribution < -0.4 is 9.47 Å². The number of para-hydroxylation sites is 2. The number of methoxy groups -OCH3 is 1. The van der Waals surface area contributed by atoms with E-state index in [2.05, 4.69) is 0 Å². The molecule has 0 amide bonds. The van der Waals surface area contributed by atoms with E-state index in [0.29, 0.717) is 18.1 Å². The maximum Gasteiger partial charge on any atom is 0.160 e. The Bertz CT molecular complexity index is 497. The van der Waals surface area contributed by atoms with E-state index in [1.54, 1.807) is 49.6 Å². The van der Waals surface area contributed by atoms with E-state index < -0.39 is 0 Å². The van der Waals surface area contributed by atoms with Gasteiger partial charge < -0.3 is 19.7 Å². The van der Waals surface area contributed by atoms with Crippen LogP contribution in [0.2, 0.25) is 0 Å². The molecule has 0 fully saturated rings. The Morgan fingerprint density at radius 1 is 1.00 bits per heavy atom. The number of phenols is 2. The molecule has 0 radical (unpaired) electrons. The molecule has 0 aliphatic heterocycles. The molecule has 2 aromatic carbocycles. The largest absolute Gasteiger partial charge is 0.508 e. The van der Waals surface area contributed by atoms with E-state index in [-0.39, 0.29) is 11.5 Å². The molecule has 0 unspecified atom stereocenters. The third-order valence-electron chi connectivity index (χ3n) is 2.22. The van der Waals surface area contributed by atoms with Crippen molar-refractivity contribution >= 4 is 0 Å². The van der Waals surface area contributed by atoms with Crippen LogP contribution in [0.15, 0.2) is 48.5 Å². The lowest BCUT2D eigenvalue weighted by molar-refractivity contribution is 0.318. The minimum Gasteiger partial charge on any atom is -0.508 e. The van der Waals surface area contributed by atoms with Crippen LogP contribution >= 0.6 is 0 Å². The Morgan fingerprint density at radius 2 is 1.74 bits per heavy atom. The van der Waals surface area contributed by atoms with Gasteiger partial charge in [-0.15, -0.1) is 0 Å². The molecule has 102 valence electrons. The standard InChI is InChI=1S/C8H10O2.C7H8O2/c1-2-10-8-6-4-3-5-7(8)9;1-9-7-4-2-3-6(8)5-7/h3-6,9H,2H2,1H3;2-5,8H,1H3. The third kappa shape index (κ3) is 5.21. The lowest BCUT2D eigenvalue weighted by atomic mass is 10.3. The highest BCUT2D eigenvalue weighted by atomic mass is 16.5. The van der Waals surface area contributed by atoms with Gasteiger partial charge in [0.05, 0.1) is 13.7 Å². The lowest BCUT2D eigenvalue weighted by Gasteiger charge is -2.02. The molecule has 2 rings (SSSR count). The van der Waals surface area contributed by atoms with Gasteiger partial charge in [-0.1, -0.05) is 18.2 Å². The highest BCUT2D eigenvalue weighted by Gasteiger charge is 1.96. The first-order valence-electron chi connectivity index (χ1n) is 5.91. The minimum atomic E-state index is 0.198.